The zero-order chi connectivity index (χ0) is 27.3. The van der Waals surface area contributed by atoms with Gasteiger partial charge in [-0.15, -0.1) is 0 Å². The van der Waals surface area contributed by atoms with Crippen LogP contribution < -0.4 is 10.6 Å². The Morgan fingerprint density at radius 2 is 1.64 bits per heavy atom. The molecule has 1 aliphatic carbocycles. The Hall–Kier alpha value is -3.45. The summed E-state index contributed by atoms with van der Waals surface area (Å²) < 4.78 is 6.49. The first kappa shape index (κ1) is 25.8. The molecule has 2 saturated heterocycles. The van der Waals surface area contributed by atoms with E-state index in [4.69, 9.17) is 4.74 Å². The average Bonchev–Trinajstić information content (AvgIpc) is 3.53. The zero-order valence-electron chi connectivity index (χ0n) is 22.9. The number of fused-ring (bicyclic) bond motifs is 1. The van der Waals surface area contributed by atoms with Gasteiger partial charge in [0.1, 0.15) is 11.6 Å². The molecule has 2 bridgehead atoms. The Morgan fingerprint density at radius 3 is 2.33 bits per heavy atom. The van der Waals surface area contributed by atoms with Crippen LogP contribution in [0, 0.1) is 32.6 Å². The smallest absolute Gasteiger partial charge is 0.246 e. The highest BCUT2D eigenvalue weighted by atomic mass is 16.5. The summed E-state index contributed by atoms with van der Waals surface area (Å²) in [5.74, 6) is -2.11. The normalized spacial score (nSPS) is 29.5. The van der Waals surface area contributed by atoms with Crippen LogP contribution in [-0.4, -0.2) is 46.4 Å². The average molecular weight is 528 g/mol. The predicted octanol–water partition coefficient (Wildman–Crippen LogP) is 4.35. The van der Waals surface area contributed by atoms with E-state index in [-0.39, 0.29) is 30.3 Å². The van der Waals surface area contributed by atoms with Crippen LogP contribution in [0.15, 0.2) is 54.6 Å². The number of rotatable bonds is 6. The number of anilines is 1. The molecule has 204 valence electrons. The minimum absolute atomic E-state index is 0.101. The van der Waals surface area contributed by atoms with Gasteiger partial charge in [0.2, 0.25) is 17.7 Å². The van der Waals surface area contributed by atoms with E-state index in [1.807, 2.05) is 75.4 Å². The van der Waals surface area contributed by atoms with E-state index in [9.17, 15) is 14.4 Å². The van der Waals surface area contributed by atoms with Gasteiger partial charge < -0.3 is 20.3 Å². The summed E-state index contributed by atoms with van der Waals surface area (Å²) in [6.45, 7) is 6.28. The second kappa shape index (κ2) is 9.94. The topological polar surface area (TPSA) is 87.7 Å². The predicted molar refractivity (Wildman–Crippen MR) is 149 cm³/mol. The summed E-state index contributed by atoms with van der Waals surface area (Å²) in [5, 5.41) is 6.28. The third-order valence-corrected chi connectivity index (χ3v) is 8.84. The lowest BCUT2D eigenvalue weighted by Gasteiger charge is -2.34. The van der Waals surface area contributed by atoms with Crippen molar-refractivity contribution in [1.82, 2.24) is 10.2 Å². The van der Waals surface area contributed by atoms with E-state index >= 15 is 0 Å². The molecule has 7 nitrogen and oxygen atoms in total. The van der Waals surface area contributed by atoms with E-state index in [1.54, 1.807) is 4.90 Å². The van der Waals surface area contributed by atoms with Crippen LogP contribution >= 0.6 is 0 Å². The lowest BCUT2D eigenvalue weighted by atomic mass is 9.74. The van der Waals surface area contributed by atoms with E-state index < -0.39 is 29.6 Å². The van der Waals surface area contributed by atoms with Crippen molar-refractivity contribution >= 4 is 23.4 Å². The van der Waals surface area contributed by atoms with Gasteiger partial charge in [-0.25, -0.2) is 0 Å². The Bertz CT molecular complexity index is 1310. The number of hydrogen-bond donors (Lipinski definition) is 2. The molecule has 5 atom stereocenters. The fraction of sp³-hybridized carbons (Fsp3) is 0.469. The molecule has 6 rings (SSSR count). The van der Waals surface area contributed by atoms with Crippen molar-refractivity contribution < 1.29 is 19.1 Å². The van der Waals surface area contributed by atoms with Crippen molar-refractivity contribution in [2.75, 3.05) is 5.32 Å². The molecule has 3 heterocycles. The van der Waals surface area contributed by atoms with Gasteiger partial charge in [0.15, 0.2) is 0 Å². The van der Waals surface area contributed by atoms with Gasteiger partial charge in [-0.2, -0.15) is 0 Å². The maximum absolute atomic E-state index is 14.2. The quantitative estimate of drug-likeness (QED) is 0.547. The highest BCUT2D eigenvalue weighted by Gasteiger charge is 2.72. The zero-order valence-corrected chi connectivity index (χ0v) is 22.9. The van der Waals surface area contributed by atoms with Crippen molar-refractivity contribution in [3.05, 3.63) is 76.9 Å². The highest BCUT2D eigenvalue weighted by molar-refractivity contribution is 6.02. The number of hydrogen-bond acceptors (Lipinski definition) is 4. The standard InChI is InChI=1S/C32H37N3O4/c1-19-9-11-22(12-10-19)18-35-28(30(37)33-23-7-5-4-6-8-23)32-14-13-25(39-32)26(27(32)31(35)38)29(36)34-24-16-20(2)15-21(3)17-24/h9-17,23,25-28H,4-8,18H2,1-3H3,(H,33,37)(H,34,36)/t25-,26-,27-,28+,32-/m0/s1. The lowest BCUT2D eigenvalue weighted by Crippen LogP contribution is -2.56. The highest BCUT2D eigenvalue weighted by Crippen LogP contribution is 2.55. The number of nitrogens with one attached hydrogen (secondary N) is 2. The summed E-state index contributed by atoms with van der Waals surface area (Å²) in [5.41, 5.74) is 3.71. The molecule has 2 aromatic carbocycles. The van der Waals surface area contributed by atoms with Crippen molar-refractivity contribution in [3.8, 4) is 0 Å². The summed E-state index contributed by atoms with van der Waals surface area (Å²) in [7, 11) is 0. The molecule has 7 heteroatoms. The van der Waals surface area contributed by atoms with Crippen LogP contribution in [0.25, 0.3) is 0 Å². The number of carbonyl (C=O) groups excluding carboxylic acids is 3. The molecular formula is C32H37N3O4. The van der Waals surface area contributed by atoms with Crippen molar-refractivity contribution in [3.63, 3.8) is 0 Å². The molecule has 3 aliphatic heterocycles. The Morgan fingerprint density at radius 1 is 0.949 bits per heavy atom. The van der Waals surface area contributed by atoms with Gasteiger partial charge in [-0.1, -0.05) is 67.3 Å². The maximum atomic E-state index is 14.2. The lowest BCUT2D eigenvalue weighted by molar-refractivity contribution is -0.142. The Balaban J connectivity index is 1.32. The van der Waals surface area contributed by atoms with Crippen LogP contribution in [0.4, 0.5) is 5.69 Å². The number of ether oxygens (including phenoxy) is 1. The Labute approximate surface area is 230 Å². The third kappa shape index (κ3) is 4.56. The summed E-state index contributed by atoms with van der Waals surface area (Å²) >= 11 is 0. The first-order valence-electron chi connectivity index (χ1n) is 14.2. The van der Waals surface area contributed by atoms with Gasteiger partial charge in [0.05, 0.1) is 17.9 Å². The SMILES string of the molecule is Cc1ccc(CN2C(=O)[C@@H]3[C@@H](C(=O)Nc4cc(C)cc(C)c4)[C@@H]4C=C[C@@]3(O4)[C@H]2C(=O)NC2CCCCC2)cc1. The van der Waals surface area contributed by atoms with Gasteiger partial charge in [-0.05, 0) is 62.4 Å². The first-order valence-corrected chi connectivity index (χ1v) is 14.2. The number of amides is 3. The van der Waals surface area contributed by atoms with Gasteiger partial charge in [0, 0.05) is 18.3 Å². The minimum atomic E-state index is -1.16. The van der Waals surface area contributed by atoms with Crippen LogP contribution in [0.2, 0.25) is 0 Å². The molecule has 1 spiro atoms. The molecule has 39 heavy (non-hydrogen) atoms. The number of likely N-dealkylation sites (tertiary alicyclic amines) is 1. The van der Waals surface area contributed by atoms with Crippen molar-refractivity contribution in [2.24, 2.45) is 11.8 Å². The monoisotopic (exact) mass is 527 g/mol. The molecule has 3 amide bonds. The van der Waals surface area contributed by atoms with E-state index in [0.717, 1.165) is 47.9 Å². The summed E-state index contributed by atoms with van der Waals surface area (Å²) in [4.78, 5) is 43.5. The molecule has 0 aromatic heterocycles. The largest absolute Gasteiger partial charge is 0.359 e. The molecular weight excluding hydrogens is 490 g/mol. The second-order valence-electron chi connectivity index (χ2n) is 11.9. The van der Waals surface area contributed by atoms with E-state index in [0.29, 0.717) is 5.69 Å². The molecule has 1 saturated carbocycles. The number of carbonyl (C=O) groups is 3. The molecule has 0 radical (unpaired) electrons. The van der Waals surface area contributed by atoms with Crippen LogP contribution in [-0.2, 0) is 25.7 Å². The fourth-order valence-electron chi connectivity index (χ4n) is 7.13. The Kier molecular flexibility index (Phi) is 6.58. The minimum Gasteiger partial charge on any atom is -0.359 e. The molecule has 3 fully saturated rings. The molecule has 4 aliphatic rings. The maximum Gasteiger partial charge on any atom is 0.246 e. The van der Waals surface area contributed by atoms with Gasteiger partial charge in [-0.3, -0.25) is 14.4 Å². The van der Waals surface area contributed by atoms with Crippen molar-refractivity contribution in [1.29, 1.82) is 0 Å². The van der Waals surface area contributed by atoms with Crippen LogP contribution in [0.1, 0.15) is 54.4 Å². The van der Waals surface area contributed by atoms with Crippen LogP contribution in [0.3, 0.4) is 0 Å². The van der Waals surface area contributed by atoms with Gasteiger partial charge in [0.25, 0.3) is 0 Å². The van der Waals surface area contributed by atoms with Crippen molar-refractivity contribution in [2.45, 2.75) is 83.2 Å². The number of benzene rings is 2. The number of aryl methyl sites for hydroxylation is 3. The number of nitrogens with zero attached hydrogens (tertiary/aromatic N) is 1. The molecule has 2 N–H and O–H groups in total. The third-order valence-electron chi connectivity index (χ3n) is 8.84. The fourth-order valence-corrected chi connectivity index (χ4v) is 7.13. The first-order chi connectivity index (χ1) is 18.7. The van der Waals surface area contributed by atoms with E-state index in [2.05, 4.69) is 10.6 Å². The van der Waals surface area contributed by atoms with Crippen LogP contribution in [0.5, 0.6) is 0 Å². The van der Waals surface area contributed by atoms with E-state index in [1.165, 1.54) is 6.42 Å². The molecule has 2 aromatic rings. The van der Waals surface area contributed by atoms with Gasteiger partial charge >= 0.3 is 0 Å². The summed E-state index contributed by atoms with van der Waals surface area (Å²) in [6.07, 6.45) is 8.46. The molecule has 0 unspecified atom stereocenters. The summed E-state index contributed by atoms with van der Waals surface area (Å²) in [6, 6.07) is 13.2. The second-order valence-corrected chi connectivity index (χ2v) is 11.9.